The second-order valence-corrected chi connectivity index (χ2v) is 6.64. The summed E-state index contributed by atoms with van der Waals surface area (Å²) in [5, 5.41) is 1.16. The number of nitrogens with one attached hydrogen (secondary N) is 1. The van der Waals surface area contributed by atoms with E-state index in [-0.39, 0.29) is 6.04 Å². The summed E-state index contributed by atoms with van der Waals surface area (Å²) >= 11 is 0. The maximum Gasteiger partial charge on any atom is 0.234 e. The van der Waals surface area contributed by atoms with E-state index in [2.05, 4.69) is 4.72 Å². The van der Waals surface area contributed by atoms with Gasteiger partial charge in [0.15, 0.2) is 0 Å². The molecule has 0 aliphatic carbocycles. The highest BCUT2D eigenvalue weighted by atomic mass is 32.2. The first-order valence-electron chi connectivity index (χ1n) is 7.67. The highest BCUT2D eigenvalue weighted by Crippen LogP contribution is 2.00. The smallest absolute Gasteiger partial charge is 0.234 e. The van der Waals surface area contributed by atoms with E-state index >= 15 is 0 Å². The van der Waals surface area contributed by atoms with Gasteiger partial charge in [0.2, 0.25) is 10.0 Å². The normalized spacial score (nSPS) is 14.2. The van der Waals surface area contributed by atoms with Crippen molar-refractivity contribution in [2.24, 2.45) is 0 Å². The lowest BCUT2D eigenvalue weighted by molar-refractivity contribution is 0.148. The topological polar surface area (TPSA) is 55.4 Å². The molecule has 0 saturated heterocycles. The zero-order valence-electron chi connectivity index (χ0n) is 13.7. The van der Waals surface area contributed by atoms with E-state index in [9.17, 15) is 8.42 Å². The fourth-order valence-electron chi connectivity index (χ4n) is 1.78. The van der Waals surface area contributed by atoms with Crippen LogP contribution in [0.3, 0.4) is 0 Å². The molecule has 0 amide bonds. The van der Waals surface area contributed by atoms with Crippen LogP contribution in [0, 0.1) is 0 Å². The molecule has 0 fully saturated rings. The van der Waals surface area contributed by atoms with Gasteiger partial charge in [-0.15, -0.1) is 0 Å². The van der Waals surface area contributed by atoms with Crippen LogP contribution in [0.25, 0.3) is 0 Å². The van der Waals surface area contributed by atoms with Gasteiger partial charge in [-0.05, 0) is 25.0 Å². The van der Waals surface area contributed by atoms with Crippen molar-refractivity contribution in [2.45, 2.75) is 32.9 Å². The molecule has 0 saturated carbocycles. The van der Waals surface area contributed by atoms with Crippen LogP contribution in [0.2, 0.25) is 0 Å². The molecule has 4 nitrogen and oxygen atoms in total. The van der Waals surface area contributed by atoms with Crippen molar-refractivity contribution in [3.8, 4) is 0 Å². The molecule has 0 unspecified atom stereocenters. The van der Waals surface area contributed by atoms with Crippen molar-refractivity contribution < 1.29 is 13.2 Å². The highest BCUT2D eigenvalue weighted by molar-refractivity contribution is 7.92. The number of benzene rings is 1. The molecule has 1 aromatic carbocycles. The van der Waals surface area contributed by atoms with Crippen LogP contribution in [0.1, 0.15) is 25.8 Å². The molecule has 0 spiro atoms. The number of hydrogen-bond donors (Lipinski definition) is 1. The van der Waals surface area contributed by atoms with Gasteiger partial charge in [-0.25, -0.2) is 13.1 Å². The number of sulfonamides is 1. The molecule has 5 heteroatoms. The lowest BCUT2D eigenvalue weighted by Crippen LogP contribution is -2.29. The number of rotatable bonds is 10. The van der Waals surface area contributed by atoms with Crippen LogP contribution < -0.4 is 4.72 Å². The van der Waals surface area contributed by atoms with Crippen LogP contribution in [0.15, 0.2) is 66.1 Å². The molecule has 0 heterocycles. The summed E-state index contributed by atoms with van der Waals surface area (Å²) < 4.78 is 31.6. The SMILES string of the molecule is CC/C=C/C=C/S(=O)(=O)N[C@H](C)/C=C\COCc1ccccc1. The lowest BCUT2D eigenvalue weighted by atomic mass is 10.2. The van der Waals surface area contributed by atoms with Crippen LogP contribution in [0.5, 0.6) is 0 Å². The zero-order valence-corrected chi connectivity index (χ0v) is 14.5. The van der Waals surface area contributed by atoms with Crippen molar-refractivity contribution in [1.29, 1.82) is 0 Å². The fraction of sp³-hybridized carbons (Fsp3) is 0.333. The van der Waals surface area contributed by atoms with Gasteiger partial charge in [0.05, 0.1) is 13.2 Å². The molecule has 0 aliphatic heterocycles. The van der Waals surface area contributed by atoms with E-state index in [1.54, 1.807) is 19.1 Å². The molecule has 0 aromatic heterocycles. The molecule has 1 rings (SSSR count). The van der Waals surface area contributed by atoms with E-state index in [1.165, 1.54) is 6.08 Å². The summed E-state index contributed by atoms with van der Waals surface area (Å²) in [5.41, 5.74) is 1.11. The van der Waals surface area contributed by atoms with E-state index in [0.29, 0.717) is 13.2 Å². The van der Waals surface area contributed by atoms with E-state index in [0.717, 1.165) is 17.4 Å². The zero-order chi connectivity index (χ0) is 17.0. The molecule has 0 bridgehead atoms. The van der Waals surface area contributed by atoms with Gasteiger partial charge in [0.25, 0.3) is 0 Å². The highest BCUT2D eigenvalue weighted by Gasteiger charge is 2.07. The molecule has 1 atom stereocenters. The third kappa shape index (κ3) is 9.84. The number of ether oxygens (including phenoxy) is 1. The first-order chi connectivity index (χ1) is 11.0. The molecule has 0 aliphatic rings. The van der Waals surface area contributed by atoms with Crippen molar-refractivity contribution >= 4 is 10.0 Å². The van der Waals surface area contributed by atoms with Gasteiger partial charge in [0, 0.05) is 11.4 Å². The molecular weight excluding hydrogens is 310 g/mol. The van der Waals surface area contributed by atoms with Crippen LogP contribution in [-0.4, -0.2) is 21.1 Å². The monoisotopic (exact) mass is 335 g/mol. The Hall–Kier alpha value is -1.69. The predicted octanol–water partition coefficient (Wildman–Crippen LogP) is 3.55. The Morgan fingerprint density at radius 3 is 2.61 bits per heavy atom. The summed E-state index contributed by atoms with van der Waals surface area (Å²) in [6, 6.07) is 9.60. The largest absolute Gasteiger partial charge is 0.373 e. The third-order valence-corrected chi connectivity index (χ3v) is 4.06. The molecule has 23 heavy (non-hydrogen) atoms. The predicted molar refractivity (Wildman–Crippen MR) is 95.3 cm³/mol. The second kappa shape index (κ2) is 10.9. The summed E-state index contributed by atoms with van der Waals surface area (Å²) in [5.74, 6) is 0. The summed E-state index contributed by atoms with van der Waals surface area (Å²) in [4.78, 5) is 0. The Morgan fingerprint density at radius 2 is 1.91 bits per heavy atom. The summed E-state index contributed by atoms with van der Waals surface area (Å²) in [6.45, 7) is 4.75. The molecule has 1 aromatic rings. The Kier molecular flexibility index (Phi) is 9.21. The second-order valence-electron chi connectivity index (χ2n) is 5.05. The maximum atomic E-state index is 11.8. The maximum absolute atomic E-state index is 11.8. The summed E-state index contributed by atoms with van der Waals surface area (Å²) in [7, 11) is -3.42. The standard InChI is InChI=1S/C18H25NO3S/c1-3-4-5-9-15-23(20,21)19-17(2)11-10-14-22-16-18-12-7-6-8-13-18/h4-13,15,17,19H,3,14,16H2,1-2H3/b5-4+,11-10-,15-9+/t17-/m1/s1. The van der Waals surface area contributed by atoms with E-state index < -0.39 is 10.0 Å². The van der Waals surface area contributed by atoms with Crippen LogP contribution in [0.4, 0.5) is 0 Å². The first kappa shape index (κ1) is 19.4. The minimum Gasteiger partial charge on any atom is -0.373 e. The average molecular weight is 335 g/mol. The number of allylic oxidation sites excluding steroid dienone is 3. The Labute approximate surface area is 139 Å². The molecule has 0 radical (unpaired) electrons. The molecule has 126 valence electrons. The van der Waals surface area contributed by atoms with Gasteiger partial charge >= 0.3 is 0 Å². The van der Waals surface area contributed by atoms with Crippen LogP contribution in [-0.2, 0) is 21.4 Å². The minimum atomic E-state index is -3.42. The van der Waals surface area contributed by atoms with Gasteiger partial charge < -0.3 is 4.74 Å². The van der Waals surface area contributed by atoms with Gasteiger partial charge in [-0.3, -0.25) is 0 Å². The third-order valence-electron chi connectivity index (χ3n) is 2.84. The first-order valence-corrected chi connectivity index (χ1v) is 9.22. The van der Waals surface area contributed by atoms with Crippen LogP contribution >= 0.6 is 0 Å². The minimum absolute atomic E-state index is 0.292. The van der Waals surface area contributed by atoms with Crippen molar-refractivity contribution in [2.75, 3.05) is 6.61 Å². The van der Waals surface area contributed by atoms with Gasteiger partial charge in [0.1, 0.15) is 0 Å². The lowest BCUT2D eigenvalue weighted by Gasteiger charge is -2.07. The van der Waals surface area contributed by atoms with Crippen molar-refractivity contribution in [1.82, 2.24) is 4.72 Å². The van der Waals surface area contributed by atoms with Crippen molar-refractivity contribution in [3.63, 3.8) is 0 Å². The fourth-order valence-corrected chi connectivity index (χ4v) is 2.75. The number of hydrogen-bond acceptors (Lipinski definition) is 3. The molecule has 1 N–H and O–H groups in total. The Morgan fingerprint density at radius 1 is 1.17 bits per heavy atom. The van der Waals surface area contributed by atoms with E-state index in [4.69, 9.17) is 4.74 Å². The van der Waals surface area contributed by atoms with E-state index in [1.807, 2.05) is 49.4 Å². The van der Waals surface area contributed by atoms with Gasteiger partial charge in [-0.1, -0.05) is 61.6 Å². The van der Waals surface area contributed by atoms with Crippen molar-refractivity contribution in [3.05, 3.63) is 71.7 Å². The Bertz CT molecular complexity index is 619. The molecular formula is C18H25NO3S. The Balaban J connectivity index is 2.30. The van der Waals surface area contributed by atoms with Gasteiger partial charge in [-0.2, -0.15) is 0 Å². The quantitative estimate of drug-likeness (QED) is 0.404. The average Bonchev–Trinajstić information content (AvgIpc) is 2.52. The summed E-state index contributed by atoms with van der Waals surface area (Å²) in [6.07, 6.45) is 9.59.